The molecule has 2 aromatic rings. The molecule has 0 aromatic heterocycles. The smallest absolute Gasteiger partial charge is 0.338 e. The molecule has 2 aromatic carbocycles. The van der Waals surface area contributed by atoms with Gasteiger partial charge in [-0.05, 0) is 52.4 Å². The number of anilines is 1. The van der Waals surface area contributed by atoms with Crippen LogP contribution < -0.4 is 5.32 Å². The van der Waals surface area contributed by atoms with E-state index < -0.39 is 11.8 Å². The third-order valence-electron chi connectivity index (χ3n) is 2.62. The normalized spacial score (nSPS) is 10.2. The highest BCUT2D eigenvalue weighted by Crippen LogP contribution is 2.18. The van der Waals surface area contributed by atoms with Gasteiger partial charge in [0.15, 0.2) is 0 Å². The molecule has 19 heavy (non-hydrogen) atoms. The van der Waals surface area contributed by atoms with Gasteiger partial charge in [0.2, 0.25) is 0 Å². The van der Waals surface area contributed by atoms with E-state index >= 15 is 0 Å². The molecule has 0 atom stereocenters. The molecular formula is C14H11FINO2. The fourth-order valence-electron chi connectivity index (χ4n) is 1.64. The van der Waals surface area contributed by atoms with E-state index in [1.807, 2.05) is 24.3 Å². The highest BCUT2D eigenvalue weighted by atomic mass is 127. The summed E-state index contributed by atoms with van der Waals surface area (Å²) in [4.78, 5) is 10.7. The molecule has 2 N–H and O–H groups in total. The summed E-state index contributed by atoms with van der Waals surface area (Å²) in [5.41, 5.74) is 1.35. The molecule has 0 aliphatic rings. The molecule has 0 unspecified atom stereocenters. The van der Waals surface area contributed by atoms with E-state index in [9.17, 15) is 9.18 Å². The van der Waals surface area contributed by atoms with Crippen molar-refractivity contribution >= 4 is 34.2 Å². The summed E-state index contributed by atoms with van der Waals surface area (Å²) in [6.07, 6.45) is 0. The minimum Gasteiger partial charge on any atom is -0.478 e. The van der Waals surface area contributed by atoms with Crippen molar-refractivity contribution in [2.75, 3.05) is 5.32 Å². The number of halogens is 2. The first-order valence-corrected chi connectivity index (χ1v) is 6.66. The van der Waals surface area contributed by atoms with Crippen LogP contribution in [-0.4, -0.2) is 11.1 Å². The van der Waals surface area contributed by atoms with E-state index in [0.29, 0.717) is 12.1 Å². The van der Waals surface area contributed by atoms with Gasteiger partial charge in [-0.2, -0.15) is 0 Å². The quantitative estimate of drug-likeness (QED) is 0.806. The molecule has 0 spiro atoms. The molecule has 2 rings (SSSR count). The molecule has 0 amide bonds. The van der Waals surface area contributed by atoms with E-state index in [1.54, 1.807) is 6.07 Å². The number of nitrogens with one attached hydrogen (secondary N) is 1. The topological polar surface area (TPSA) is 49.3 Å². The molecule has 98 valence electrons. The fraction of sp³-hybridized carbons (Fsp3) is 0.0714. The van der Waals surface area contributed by atoms with Crippen LogP contribution in [0.1, 0.15) is 15.9 Å². The summed E-state index contributed by atoms with van der Waals surface area (Å²) in [7, 11) is 0. The molecule has 0 aliphatic heterocycles. The van der Waals surface area contributed by atoms with Crippen LogP contribution in [0.15, 0.2) is 42.5 Å². The van der Waals surface area contributed by atoms with Crippen molar-refractivity contribution in [2.24, 2.45) is 0 Å². The Morgan fingerprint density at radius 2 is 2.00 bits per heavy atom. The molecular weight excluding hydrogens is 360 g/mol. The molecule has 5 heteroatoms. The predicted molar refractivity (Wildman–Crippen MR) is 79.8 cm³/mol. The van der Waals surface area contributed by atoms with Gasteiger partial charge in [0.1, 0.15) is 5.82 Å². The maximum Gasteiger partial charge on any atom is 0.338 e. The maximum atomic E-state index is 13.5. The number of hydrogen-bond donors (Lipinski definition) is 2. The number of carboxylic acid groups (broad SMARTS) is 1. The van der Waals surface area contributed by atoms with Gasteiger partial charge in [-0.25, -0.2) is 9.18 Å². The molecule has 0 aliphatic carbocycles. The Morgan fingerprint density at radius 3 is 2.63 bits per heavy atom. The van der Waals surface area contributed by atoms with Gasteiger partial charge in [-0.15, -0.1) is 0 Å². The van der Waals surface area contributed by atoms with E-state index in [1.165, 1.54) is 12.1 Å². The number of carboxylic acids is 1. The van der Waals surface area contributed by atoms with Gasteiger partial charge in [-0.3, -0.25) is 0 Å². The van der Waals surface area contributed by atoms with E-state index in [0.717, 1.165) is 9.26 Å². The fourth-order valence-corrected chi connectivity index (χ4v) is 2.22. The average molecular weight is 371 g/mol. The summed E-state index contributed by atoms with van der Waals surface area (Å²) in [5.74, 6) is -1.97. The Kier molecular flexibility index (Phi) is 4.36. The lowest BCUT2D eigenvalue weighted by Crippen LogP contribution is -2.04. The molecule has 0 radical (unpaired) electrons. The van der Waals surface area contributed by atoms with Crippen LogP contribution in [0.4, 0.5) is 10.1 Å². The van der Waals surface area contributed by atoms with E-state index in [4.69, 9.17) is 5.11 Å². The van der Waals surface area contributed by atoms with Crippen molar-refractivity contribution in [1.82, 2.24) is 0 Å². The van der Waals surface area contributed by atoms with Crippen LogP contribution in [0.2, 0.25) is 0 Å². The number of hydrogen-bond acceptors (Lipinski definition) is 2. The number of rotatable bonds is 4. The third-order valence-corrected chi connectivity index (χ3v) is 3.56. The zero-order valence-corrected chi connectivity index (χ0v) is 12.0. The summed E-state index contributed by atoms with van der Waals surface area (Å²) in [6.45, 7) is 0.441. The summed E-state index contributed by atoms with van der Waals surface area (Å²) < 4.78 is 14.6. The second kappa shape index (κ2) is 6.01. The van der Waals surface area contributed by atoms with Crippen LogP contribution in [0.3, 0.4) is 0 Å². The van der Waals surface area contributed by atoms with Crippen LogP contribution in [0.5, 0.6) is 0 Å². The van der Waals surface area contributed by atoms with Crippen molar-refractivity contribution in [3.63, 3.8) is 0 Å². The second-order valence-electron chi connectivity index (χ2n) is 3.95. The Hall–Kier alpha value is -1.63. The zero-order chi connectivity index (χ0) is 13.8. The lowest BCUT2D eigenvalue weighted by molar-refractivity contribution is 0.0692. The first-order chi connectivity index (χ1) is 9.08. The molecule has 0 saturated heterocycles. The first kappa shape index (κ1) is 13.8. The molecule has 0 bridgehead atoms. The Labute approximate surface area is 123 Å². The van der Waals surface area contributed by atoms with Gasteiger partial charge in [0, 0.05) is 15.8 Å². The second-order valence-corrected chi connectivity index (χ2v) is 5.11. The van der Waals surface area contributed by atoms with Gasteiger partial charge in [0.25, 0.3) is 0 Å². The number of aromatic carboxylic acids is 1. The molecule has 0 saturated carbocycles. The van der Waals surface area contributed by atoms with Crippen molar-refractivity contribution in [3.05, 3.63) is 63.0 Å². The highest BCUT2D eigenvalue weighted by molar-refractivity contribution is 14.1. The minimum absolute atomic E-state index is 0.307. The number of para-hydroxylation sites is 1. The summed E-state index contributed by atoms with van der Waals surface area (Å²) in [6, 6.07) is 11.9. The average Bonchev–Trinajstić information content (AvgIpc) is 2.37. The van der Waals surface area contributed by atoms with Gasteiger partial charge < -0.3 is 10.4 Å². The third kappa shape index (κ3) is 3.44. The van der Waals surface area contributed by atoms with E-state index in [-0.39, 0.29) is 5.56 Å². The first-order valence-electron chi connectivity index (χ1n) is 5.58. The molecule has 0 heterocycles. The SMILES string of the molecule is O=C(O)c1ccc(CNc2ccccc2I)cc1F. The van der Waals surface area contributed by atoms with Gasteiger partial charge >= 0.3 is 5.97 Å². The Bertz CT molecular complexity index is 616. The highest BCUT2D eigenvalue weighted by Gasteiger charge is 2.10. The lowest BCUT2D eigenvalue weighted by atomic mass is 10.1. The zero-order valence-electron chi connectivity index (χ0n) is 9.86. The predicted octanol–water partition coefficient (Wildman–Crippen LogP) is 3.74. The largest absolute Gasteiger partial charge is 0.478 e. The monoisotopic (exact) mass is 371 g/mol. The van der Waals surface area contributed by atoms with E-state index in [2.05, 4.69) is 27.9 Å². The van der Waals surface area contributed by atoms with Crippen molar-refractivity contribution in [1.29, 1.82) is 0 Å². The van der Waals surface area contributed by atoms with Crippen molar-refractivity contribution in [2.45, 2.75) is 6.54 Å². The van der Waals surface area contributed by atoms with Gasteiger partial charge in [0.05, 0.1) is 5.56 Å². The summed E-state index contributed by atoms with van der Waals surface area (Å²) >= 11 is 2.21. The van der Waals surface area contributed by atoms with Gasteiger partial charge in [-0.1, -0.05) is 18.2 Å². The van der Waals surface area contributed by atoms with Crippen LogP contribution in [-0.2, 0) is 6.54 Å². The summed E-state index contributed by atoms with van der Waals surface area (Å²) in [5, 5.41) is 11.9. The Morgan fingerprint density at radius 1 is 1.26 bits per heavy atom. The minimum atomic E-state index is -1.25. The molecule has 0 fully saturated rings. The lowest BCUT2D eigenvalue weighted by Gasteiger charge is -2.09. The molecule has 3 nitrogen and oxygen atoms in total. The van der Waals surface area contributed by atoms with Crippen molar-refractivity contribution < 1.29 is 14.3 Å². The van der Waals surface area contributed by atoms with Crippen molar-refractivity contribution in [3.8, 4) is 0 Å². The van der Waals surface area contributed by atoms with Crippen LogP contribution >= 0.6 is 22.6 Å². The van der Waals surface area contributed by atoms with Crippen LogP contribution in [0.25, 0.3) is 0 Å². The number of carbonyl (C=O) groups is 1. The van der Waals surface area contributed by atoms with Crippen LogP contribution in [0, 0.1) is 9.39 Å². The Balaban J connectivity index is 2.11. The number of benzene rings is 2. The maximum absolute atomic E-state index is 13.5. The standard InChI is InChI=1S/C14H11FINO2/c15-11-7-9(5-6-10(11)14(18)19)8-17-13-4-2-1-3-12(13)16/h1-7,17H,8H2,(H,18,19).